The first-order chi connectivity index (χ1) is 13.8. The Morgan fingerprint density at radius 1 is 1.25 bits per heavy atom. The largest absolute Gasteiger partial charge is 0.321 e. The predicted molar refractivity (Wildman–Crippen MR) is 112 cm³/mol. The van der Waals surface area contributed by atoms with Gasteiger partial charge in [-0.15, -0.1) is 11.8 Å². The van der Waals surface area contributed by atoms with Crippen LogP contribution in [-0.2, 0) is 5.75 Å². The lowest BCUT2D eigenvalue weighted by Crippen LogP contribution is -2.32. The van der Waals surface area contributed by atoms with Crippen LogP contribution < -0.4 is 10.6 Å². The van der Waals surface area contributed by atoms with E-state index in [1.807, 2.05) is 47.3 Å². The van der Waals surface area contributed by atoms with Gasteiger partial charge >= 0.3 is 0 Å². The zero-order valence-corrected chi connectivity index (χ0v) is 16.4. The van der Waals surface area contributed by atoms with Crippen LogP contribution in [0.4, 0.5) is 5.69 Å². The van der Waals surface area contributed by atoms with Gasteiger partial charge in [-0.05, 0) is 55.3 Å². The molecule has 1 amide bonds. The predicted octanol–water partition coefficient (Wildman–Crippen LogP) is 3.75. The van der Waals surface area contributed by atoms with Crippen LogP contribution in [0.1, 0.15) is 34.9 Å². The third-order valence-electron chi connectivity index (χ3n) is 4.70. The molecule has 0 aliphatic carbocycles. The summed E-state index contributed by atoms with van der Waals surface area (Å²) < 4.78 is 1.90. The summed E-state index contributed by atoms with van der Waals surface area (Å²) >= 11 is 1.67. The topological polar surface area (TPSA) is 71.8 Å². The van der Waals surface area contributed by atoms with Gasteiger partial charge < -0.3 is 10.6 Å². The summed E-state index contributed by atoms with van der Waals surface area (Å²) in [4.78, 5) is 16.9. The highest BCUT2D eigenvalue weighted by Crippen LogP contribution is 2.22. The van der Waals surface area contributed by atoms with E-state index in [2.05, 4.69) is 26.8 Å². The monoisotopic (exact) mass is 393 g/mol. The fraction of sp³-hybridized carbons (Fsp3) is 0.286. The second-order valence-corrected chi connectivity index (χ2v) is 7.79. The number of anilines is 1. The Morgan fingerprint density at radius 3 is 3.04 bits per heavy atom. The maximum Gasteiger partial charge on any atom is 0.276 e. The van der Waals surface area contributed by atoms with E-state index in [0.717, 1.165) is 48.0 Å². The van der Waals surface area contributed by atoms with Crippen molar-refractivity contribution in [1.82, 2.24) is 20.1 Å². The van der Waals surface area contributed by atoms with E-state index in [1.54, 1.807) is 24.0 Å². The number of aromatic nitrogens is 3. The summed E-state index contributed by atoms with van der Waals surface area (Å²) in [5, 5.41) is 11.8. The summed E-state index contributed by atoms with van der Waals surface area (Å²) in [5.41, 5.74) is 2.35. The third-order valence-corrected chi connectivity index (χ3v) is 5.71. The van der Waals surface area contributed by atoms with Gasteiger partial charge in [-0.25, -0.2) is 4.98 Å². The van der Waals surface area contributed by atoms with E-state index in [-0.39, 0.29) is 5.91 Å². The minimum Gasteiger partial charge on any atom is -0.321 e. The summed E-state index contributed by atoms with van der Waals surface area (Å²) in [5.74, 6) is 0.612. The molecule has 1 aliphatic heterocycles. The third kappa shape index (κ3) is 4.79. The van der Waals surface area contributed by atoms with Crippen molar-refractivity contribution >= 4 is 23.4 Å². The molecule has 0 spiro atoms. The van der Waals surface area contributed by atoms with E-state index in [0.29, 0.717) is 11.7 Å². The molecular formula is C21H23N5OS. The van der Waals surface area contributed by atoms with Crippen LogP contribution in [0.25, 0.3) is 0 Å². The van der Waals surface area contributed by atoms with Gasteiger partial charge in [0.15, 0.2) is 5.69 Å². The number of thioether (sulfide) groups is 1. The van der Waals surface area contributed by atoms with Gasteiger partial charge in [-0.2, -0.15) is 5.10 Å². The highest BCUT2D eigenvalue weighted by Gasteiger charge is 2.17. The number of nitrogens with one attached hydrogen (secondary N) is 2. The molecule has 3 aromatic rings. The summed E-state index contributed by atoms with van der Waals surface area (Å²) in [6.07, 6.45) is 5.91. The first-order valence-electron chi connectivity index (χ1n) is 9.48. The zero-order valence-electron chi connectivity index (χ0n) is 15.5. The van der Waals surface area contributed by atoms with Crippen LogP contribution >= 0.6 is 11.8 Å². The minimum atomic E-state index is -0.183. The van der Waals surface area contributed by atoms with Crippen LogP contribution in [0.2, 0.25) is 0 Å². The van der Waals surface area contributed by atoms with Gasteiger partial charge in [0.25, 0.3) is 5.91 Å². The molecule has 1 aromatic carbocycles. The number of amides is 1. The molecule has 144 valence electrons. The maximum absolute atomic E-state index is 12.6. The van der Waals surface area contributed by atoms with Crippen molar-refractivity contribution in [3.63, 3.8) is 0 Å². The Morgan fingerprint density at radius 2 is 2.21 bits per heavy atom. The molecule has 7 heteroatoms. The minimum absolute atomic E-state index is 0.183. The number of hydrogen-bond donors (Lipinski definition) is 2. The second-order valence-electron chi connectivity index (χ2n) is 6.79. The quantitative estimate of drug-likeness (QED) is 0.624. The fourth-order valence-electron chi connectivity index (χ4n) is 3.25. The average molecular weight is 394 g/mol. The molecule has 28 heavy (non-hydrogen) atoms. The number of piperidine rings is 1. The van der Waals surface area contributed by atoms with Gasteiger partial charge in [0, 0.05) is 30.4 Å². The molecule has 0 bridgehead atoms. The van der Waals surface area contributed by atoms with Gasteiger partial charge in [0.05, 0.1) is 11.1 Å². The molecule has 1 saturated heterocycles. The van der Waals surface area contributed by atoms with Crippen LogP contribution in [0, 0.1) is 0 Å². The first-order valence-corrected chi connectivity index (χ1v) is 10.5. The van der Waals surface area contributed by atoms with Crippen molar-refractivity contribution in [2.75, 3.05) is 18.4 Å². The Bertz CT molecular complexity index is 921. The van der Waals surface area contributed by atoms with Gasteiger partial charge in [0.1, 0.15) is 0 Å². The standard InChI is InChI=1S/C21H23N5OS/c27-21(19-9-12-26(25-19)18-7-4-10-22-14-18)24-17-6-3-5-16(13-17)15-28-20-8-1-2-11-23-20/h1-3,5-6,8-9,11-13,18,22H,4,7,10,14-15H2,(H,24,27). The lowest BCUT2D eigenvalue weighted by molar-refractivity contribution is 0.102. The Kier molecular flexibility index (Phi) is 6.04. The lowest BCUT2D eigenvalue weighted by Gasteiger charge is -2.22. The highest BCUT2D eigenvalue weighted by atomic mass is 32.2. The number of nitrogens with zero attached hydrogens (tertiary/aromatic N) is 3. The van der Waals surface area contributed by atoms with E-state index < -0.39 is 0 Å². The lowest BCUT2D eigenvalue weighted by atomic mass is 10.1. The van der Waals surface area contributed by atoms with E-state index in [9.17, 15) is 4.79 Å². The molecule has 1 atom stereocenters. The molecule has 2 N–H and O–H groups in total. The zero-order chi connectivity index (χ0) is 19.2. The van der Waals surface area contributed by atoms with Crippen molar-refractivity contribution < 1.29 is 4.79 Å². The molecule has 0 saturated carbocycles. The van der Waals surface area contributed by atoms with Crippen molar-refractivity contribution in [3.05, 3.63) is 72.2 Å². The first kappa shape index (κ1) is 18.7. The number of carbonyl (C=O) groups excluding carboxylic acids is 1. The number of benzene rings is 1. The number of carbonyl (C=O) groups is 1. The Labute approximate surface area is 168 Å². The highest BCUT2D eigenvalue weighted by molar-refractivity contribution is 7.98. The number of hydrogen-bond acceptors (Lipinski definition) is 5. The van der Waals surface area contributed by atoms with Crippen molar-refractivity contribution in [2.45, 2.75) is 29.7 Å². The molecular weight excluding hydrogens is 370 g/mol. The SMILES string of the molecule is O=C(Nc1cccc(CSc2ccccn2)c1)c1ccn(C2CCCNC2)n1. The van der Waals surface area contributed by atoms with Crippen molar-refractivity contribution in [3.8, 4) is 0 Å². The van der Waals surface area contributed by atoms with Crippen molar-refractivity contribution in [2.24, 2.45) is 0 Å². The van der Waals surface area contributed by atoms with E-state index in [1.165, 1.54) is 0 Å². The van der Waals surface area contributed by atoms with E-state index >= 15 is 0 Å². The van der Waals surface area contributed by atoms with Crippen LogP contribution in [0.15, 0.2) is 66.0 Å². The van der Waals surface area contributed by atoms with Gasteiger partial charge in [-0.1, -0.05) is 18.2 Å². The van der Waals surface area contributed by atoms with E-state index in [4.69, 9.17) is 0 Å². The molecule has 3 heterocycles. The van der Waals surface area contributed by atoms with Gasteiger partial charge in [0.2, 0.25) is 0 Å². The number of pyridine rings is 1. The summed E-state index contributed by atoms with van der Waals surface area (Å²) in [6, 6.07) is 15.9. The Balaban J connectivity index is 1.37. The molecule has 1 fully saturated rings. The normalized spacial score (nSPS) is 16.6. The van der Waals surface area contributed by atoms with Crippen LogP contribution in [-0.4, -0.2) is 33.8 Å². The molecule has 1 unspecified atom stereocenters. The van der Waals surface area contributed by atoms with Gasteiger partial charge in [-0.3, -0.25) is 9.48 Å². The second kappa shape index (κ2) is 9.03. The molecule has 4 rings (SSSR count). The van der Waals surface area contributed by atoms with Crippen LogP contribution in [0.5, 0.6) is 0 Å². The molecule has 6 nitrogen and oxygen atoms in total. The fourth-order valence-corrected chi connectivity index (χ4v) is 4.05. The summed E-state index contributed by atoms with van der Waals surface area (Å²) in [6.45, 7) is 1.96. The maximum atomic E-state index is 12.6. The number of rotatable bonds is 6. The Hall–Kier alpha value is -2.64. The van der Waals surface area contributed by atoms with Crippen LogP contribution in [0.3, 0.4) is 0 Å². The average Bonchev–Trinajstić information content (AvgIpc) is 3.25. The molecule has 2 aromatic heterocycles. The van der Waals surface area contributed by atoms with Crippen molar-refractivity contribution in [1.29, 1.82) is 0 Å². The molecule has 1 aliphatic rings. The summed E-state index contributed by atoms with van der Waals surface area (Å²) in [7, 11) is 0. The smallest absolute Gasteiger partial charge is 0.276 e. The molecule has 0 radical (unpaired) electrons.